The van der Waals surface area contributed by atoms with Crippen LogP contribution < -0.4 is 10.9 Å². The van der Waals surface area contributed by atoms with Gasteiger partial charge in [0, 0.05) is 17.8 Å². The Kier molecular flexibility index (Phi) is 5.51. The monoisotopic (exact) mass is 336 g/mol. The van der Waals surface area contributed by atoms with Crippen molar-refractivity contribution < 1.29 is 4.79 Å². The summed E-state index contributed by atoms with van der Waals surface area (Å²) in [5.74, 6) is 0.191. The van der Waals surface area contributed by atoms with Gasteiger partial charge >= 0.3 is 0 Å². The van der Waals surface area contributed by atoms with Crippen LogP contribution >= 0.6 is 11.8 Å². The highest BCUT2D eigenvalue weighted by molar-refractivity contribution is 7.99. The first-order valence-corrected chi connectivity index (χ1v) is 8.86. The van der Waals surface area contributed by atoms with Gasteiger partial charge in [-0.05, 0) is 40.2 Å². The minimum atomic E-state index is -0.0794. The lowest BCUT2D eigenvalue weighted by Gasteiger charge is -2.17. The summed E-state index contributed by atoms with van der Waals surface area (Å²) in [4.78, 5) is 32.3. The van der Waals surface area contributed by atoms with Gasteiger partial charge in [-0.3, -0.25) is 14.2 Å². The molecule has 0 saturated heterocycles. The lowest BCUT2D eigenvalue weighted by molar-refractivity contribution is -0.119. The van der Waals surface area contributed by atoms with E-state index in [1.165, 1.54) is 11.8 Å². The van der Waals surface area contributed by atoms with E-state index in [0.717, 1.165) is 12.1 Å². The zero-order chi connectivity index (χ0) is 17.1. The molecule has 6 nitrogen and oxygen atoms in total. The molecule has 0 radical (unpaired) electrons. The topological polar surface area (TPSA) is 79.8 Å². The number of aromatic amines is 1. The molecule has 0 aliphatic rings. The summed E-state index contributed by atoms with van der Waals surface area (Å²) in [5.41, 5.74) is 2.00. The number of carbonyl (C=O) groups excluding carboxylic acids is 1. The third-order valence-electron chi connectivity index (χ3n) is 3.60. The summed E-state index contributed by atoms with van der Waals surface area (Å²) >= 11 is 1.31. The Hall–Kier alpha value is -1.76. The second-order valence-corrected chi connectivity index (χ2v) is 6.99. The van der Waals surface area contributed by atoms with Crippen molar-refractivity contribution >= 4 is 28.7 Å². The number of thioether (sulfide) groups is 1. The molecule has 126 valence electrons. The Morgan fingerprint density at radius 2 is 2.13 bits per heavy atom. The molecule has 2 aromatic heterocycles. The molecular weight excluding hydrogens is 312 g/mol. The van der Waals surface area contributed by atoms with Crippen LogP contribution in [0.2, 0.25) is 0 Å². The van der Waals surface area contributed by atoms with Crippen molar-refractivity contribution in [3.8, 4) is 0 Å². The number of nitrogens with zero attached hydrogens (tertiary/aromatic N) is 2. The highest BCUT2D eigenvalue weighted by atomic mass is 32.2. The molecule has 2 rings (SSSR count). The Bertz CT molecular complexity index is 763. The van der Waals surface area contributed by atoms with Crippen LogP contribution in [-0.2, 0) is 4.79 Å². The molecule has 0 bridgehead atoms. The summed E-state index contributed by atoms with van der Waals surface area (Å²) < 4.78 is 1.69. The summed E-state index contributed by atoms with van der Waals surface area (Å²) in [6.45, 7) is 9.76. The van der Waals surface area contributed by atoms with Crippen molar-refractivity contribution in [2.45, 2.75) is 58.3 Å². The molecule has 2 N–H and O–H groups in total. The number of fused-ring (bicyclic) bond motifs is 1. The van der Waals surface area contributed by atoms with Gasteiger partial charge in [-0.25, -0.2) is 4.98 Å². The van der Waals surface area contributed by atoms with E-state index in [0.29, 0.717) is 16.2 Å². The van der Waals surface area contributed by atoms with E-state index in [-0.39, 0.29) is 29.3 Å². The maximum absolute atomic E-state index is 12.8. The number of hydrogen-bond acceptors (Lipinski definition) is 4. The van der Waals surface area contributed by atoms with Crippen LogP contribution in [0.5, 0.6) is 0 Å². The number of rotatable bonds is 6. The van der Waals surface area contributed by atoms with Gasteiger partial charge in [0.05, 0.1) is 11.3 Å². The van der Waals surface area contributed by atoms with Gasteiger partial charge in [0.1, 0.15) is 5.52 Å². The summed E-state index contributed by atoms with van der Waals surface area (Å²) in [7, 11) is 0. The summed E-state index contributed by atoms with van der Waals surface area (Å²) in [6, 6.07) is 1.98. The predicted octanol–water partition coefficient (Wildman–Crippen LogP) is 2.62. The molecule has 1 amide bonds. The molecule has 2 aromatic rings. The number of hydrogen-bond donors (Lipinski definition) is 2. The molecule has 0 aliphatic carbocycles. The van der Waals surface area contributed by atoms with Crippen LogP contribution in [0.15, 0.2) is 16.0 Å². The first-order valence-electron chi connectivity index (χ1n) is 7.87. The number of amides is 1. The van der Waals surface area contributed by atoms with Gasteiger partial charge in [-0.15, -0.1) is 0 Å². The lowest BCUT2D eigenvalue weighted by Crippen LogP contribution is -2.32. The fourth-order valence-corrected chi connectivity index (χ4v) is 3.27. The van der Waals surface area contributed by atoms with E-state index in [1.807, 2.05) is 40.7 Å². The van der Waals surface area contributed by atoms with Gasteiger partial charge in [-0.2, -0.15) is 0 Å². The normalized spacial score (nSPS) is 12.8. The van der Waals surface area contributed by atoms with Gasteiger partial charge in [0.25, 0.3) is 5.56 Å². The van der Waals surface area contributed by atoms with Crippen molar-refractivity contribution in [3.63, 3.8) is 0 Å². The van der Waals surface area contributed by atoms with Gasteiger partial charge in [0.2, 0.25) is 5.91 Å². The summed E-state index contributed by atoms with van der Waals surface area (Å²) in [5, 5.41) is 3.44. The highest BCUT2D eigenvalue weighted by Gasteiger charge is 2.18. The third kappa shape index (κ3) is 3.96. The fourth-order valence-electron chi connectivity index (χ4n) is 2.36. The average Bonchev–Trinajstić information content (AvgIpc) is 2.84. The second-order valence-electron chi connectivity index (χ2n) is 6.05. The van der Waals surface area contributed by atoms with E-state index in [1.54, 1.807) is 4.57 Å². The zero-order valence-corrected chi connectivity index (χ0v) is 15.1. The average molecular weight is 336 g/mol. The molecule has 7 heteroatoms. The summed E-state index contributed by atoms with van der Waals surface area (Å²) in [6.07, 6.45) is 0.818. The van der Waals surface area contributed by atoms with Gasteiger partial charge in [-0.1, -0.05) is 18.7 Å². The molecule has 0 unspecified atom stereocenters. The van der Waals surface area contributed by atoms with E-state index in [9.17, 15) is 9.59 Å². The number of aromatic nitrogens is 3. The van der Waals surface area contributed by atoms with Gasteiger partial charge < -0.3 is 10.3 Å². The highest BCUT2D eigenvalue weighted by Crippen LogP contribution is 2.22. The predicted molar refractivity (Wildman–Crippen MR) is 94.1 cm³/mol. The van der Waals surface area contributed by atoms with Crippen molar-refractivity contribution in [1.82, 2.24) is 19.9 Å². The van der Waals surface area contributed by atoms with Crippen LogP contribution in [0, 0.1) is 6.92 Å². The van der Waals surface area contributed by atoms with Crippen molar-refractivity contribution in [2.24, 2.45) is 0 Å². The first kappa shape index (κ1) is 17.6. The molecule has 2 heterocycles. The Morgan fingerprint density at radius 1 is 1.43 bits per heavy atom. The standard InChI is InChI=1S/C16H24N4O2S/c1-6-11(5)20-15(22)14-12(7-10(4)18-14)19-16(20)23-8-13(21)17-9(2)3/h7,9,11,18H,6,8H2,1-5H3,(H,17,21)/t11-/m1/s1. The smallest absolute Gasteiger partial charge is 0.278 e. The third-order valence-corrected chi connectivity index (χ3v) is 4.55. The Labute approximate surface area is 140 Å². The molecule has 0 fully saturated rings. The van der Waals surface area contributed by atoms with Crippen LogP contribution in [-0.4, -0.2) is 32.2 Å². The molecular formula is C16H24N4O2S. The van der Waals surface area contributed by atoms with Crippen molar-refractivity contribution in [3.05, 3.63) is 22.1 Å². The quantitative estimate of drug-likeness (QED) is 0.628. The largest absolute Gasteiger partial charge is 0.353 e. The molecule has 0 aliphatic heterocycles. The van der Waals surface area contributed by atoms with E-state index in [4.69, 9.17) is 0 Å². The van der Waals surface area contributed by atoms with Crippen molar-refractivity contribution in [2.75, 3.05) is 5.75 Å². The SMILES string of the molecule is CC[C@@H](C)n1c(SCC(=O)NC(C)C)nc2cc(C)[nH]c2c1=O. The number of nitrogens with one attached hydrogen (secondary N) is 2. The van der Waals surface area contributed by atoms with Crippen LogP contribution in [0.4, 0.5) is 0 Å². The Balaban J connectivity index is 2.40. The molecule has 0 saturated carbocycles. The van der Waals surface area contributed by atoms with Crippen molar-refractivity contribution in [1.29, 1.82) is 0 Å². The molecule has 0 aromatic carbocycles. The van der Waals surface area contributed by atoms with Crippen LogP contribution in [0.25, 0.3) is 11.0 Å². The van der Waals surface area contributed by atoms with Crippen LogP contribution in [0.3, 0.4) is 0 Å². The van der Waals surface area contributed by atoms with Gasteiger partial charge in [0.15, 0.2) is 5.16 Å². The molecule has 23 heavy (non-hydrogen) atoms. The van der Waals surface area contributed by atoms with E-state index in [2.05, 4.69) is 15.3 Å². The van der Waals surface area contributed by atoms with E-state index < -0.39 is 0 Å². The molecule has 0 spiro atoms. The van der Waals surface area contributed by atoms with Crippen LogP contribution in [0.1, 0.15) is 45.9 Å². The number of carbonyl (C=O) groups is 1. The number of aryl methyl sites for hydroxylation is 1. The minimum Gasteiger partial charge on any atom is -0.353 e. The fraction of sp³-hybridized carbons (Fsp3) is 0.562. The maximum atomic E-state index is 12.8. The second kappa shape index (κ2) is 7.21. The Morgan fingerprint density at radius 3 is 2.74 bits per heavy atom. The van der Waals surface area contributed by atoms with E-state index >= 15 is 0 Å². The lowest BCUT2D eigenvalue weighted by atomic mass is 10.2. The number of H-pyrrole nitrogens is 1. The minimum absolute atomic E-state index is 0.0265. The maximum Gasteiger partial charge on any atom is 0.278 e. The first-order chi connectivity index (χ1) is 10.8. The molecule has 1 atom stereocenters. The zero-order valence-electron chi connectivity index (χ0n) is 14.3.